The van der Waals surface area contributed by atoms with Crippen LogP contribution >= 0.6 is 0 Å². The van der Waals surface area contributed by atoms with Gasteiger partial charge in [0.05, 0.1) is 6.20 Å². The molecule has 0 bridgehead atoms. The van der Waals surface area contributed by atoms with E-state index in [1.165, 1.54) is 0 Å². The van der Waals surface area contributed by atoms with Gasteiger partial charge in [0, 0.05) is 25.5 Å². The van der Waals surface area contributed by atoms with Gasteiger partial charge in [-0.25, -0.2) is 0 Å². The summed E-state index contributed by atoms with van der Waals surface area (Å²) in [7, 11) is 1.86. The lowest BCUT2D eigenvalue weighted by molar-refractivity contribution is -0.123. The van der Waals surface area contributed by atoms with Crippen LogP contribution in [0.2, 0.25) is 0 Å². The Hall–Kier alpha value is -2.50. The number of amides is 1. The summed E-state index contributed by atoms with van der Waals surface area (Å²) in [5.41, 5.74) is 7.32. The first-order chi connectivity index (χ1) is 9.63. The van der Waals surface area contributed by atoms with E-state index in [0.29, 0.717) is 18.0 Å². The van der Waals surface area contributed by atoms with Gasteiger partial charge in [0.25, 0.3) is 5.91 Å². The number of nitrogens with two attached hydrogens (primary N) is 1. The van der Waals surface area contributed by atoms with Crippen LogP contribution in [-0.2, 0) is 18.3 Å². The van der Waals surface area contributed by atoms with Crippen LogP contribution in [-0.4, -0.2) is 28.8 Å². The topological polar surface area (TPSA) is 82.2 Å². The standard InChI is InChI=1S/C14H18N4O2/c1-18-9-11(8-17-18)6-7-16-14(19)10-20-13-4-2-12(15)3-5-13/h2-5,8-9H,6-7,10,15H2,1H3,(H,16,19). The number of nitrogens with one attached hydrogen (secondary N) is 1. The van der Waals surface area contributed by atoms with Gasteiger partial charge in [-0.1, -0.05) is 0 Å². The molecule has 0 spiro atoms. The van der Waals surface area contributed by atoms with Gasteiger partial charge in [-0.2, -0.15) is 5.10 Å². The number of hydrogen-bond donors (Lipinski definition) is 2. The van der Waals surface area contributed by atoms with Crippen LogP contribution in [0.15, 0.2) is 36.7 Å². The first kappa shape index (κ1) is 13.9. The van der Waals surface area contributed by atoms with Crippen LogP contribution in [0.4, 0.5) is 5.69 Å². The van der Waals surface area contributed by atoms with E-state index in [1.54, 1.807) is 35.1 Å². The van der Waals surface area contributed by atoms with Gasteiger partial charge in [0.1, 0.15) is 5.75 Å². The summed E-state index contributed by atoms with van der Waals surface area (Å²) >= 11 is 0. The Kier molecular flexibility index (Phi) is 4.60. The lowest BCUT2D eigenvalue weighted by Crippen LogP contribution is -2.30. The minimum Gasteiger partial charge on any atom is -0.484 e. The third kappa shape index (κ3) is 4.31. The summed E-state index contributed by atoms with van der Waals surface area (Å²) in [6.07, 6.45) is 4.47. The maximum Gasteiger partial charge on any atom is 0.257 e. The number of aryl methyl sites for hydroxylation is 1. The smallest absolute Gasteiger partial charge is 0.257 e. The number of ether oxygens (including phenoxy) is 1. The molecule has 3 N–H and O–H groups in total. The molecular formula is C14H18N4O2. The van der Waals surface area contributed by atoms with Crippen LogP contribution in [0, 0.1) is 0 Å². The number of benzene rings is 1. The van der Waals surface area contributed by atoms with Crippen LogP contribution in [0.25, 0.3) is 0 Å². The monoisotopic (exact) mass is 274 g/mol. The van der Waals surface area contributed by atoms with Crippen LogP contribution in [0.3, 0.4) is 0 Å². The van der Waals surface area contributed by atoms with E-state index in [9.17, 15) is 4.79 Å². The van der Waals surface area contributed by atoms with Crippen molar-refractivity contribution < 1.29 is 9.53 Å². The second-order valence-corrected chi connectivity index (χ2v) is 4.48. The average molecular weight is 274 g/mol. The molecule has 6 nitrogen and oxygen atoms in total. The van der Waals surface area contributed by atoms with E-state index in [-0.39, 0.29) is 12.5 Å². The zero-order chi connectivity index (χ0) is 14.4. The molecule has 0 aliphatic heterocycles. The van der Waals surface area contributed by atoms with Crippen molar-refractivity contribution in [1.29, 1.82) is 0 Å². The molecule has 2 aromatic rings. The molecule has 1 aromatic carbocycles. The summed E-state index contributed by atoms with van der Waals surface area (Å²) in [6.45, 7) is 0.562. The number of anilines is 1. The minimum absolute atomic E-state index is 0.00302. The fourth-order valence-electron chi connectivity index (χ4n) is 1.71. The Morgan fingerprint density at radius 2 is 2.15 bits per heavy atom. The van der Waals surface area contributed by atoms with Gasteiger partial charge in [-0.3, -0.25) is 9.48 Å². The first-order valence-corrected chi connectivity index (χ1v) is 6.36. The maximum atomic E-state index is 11.6. The molecule has 0 atom stereocenters. The predicted molar refractivity (Wildman–Crippen MR) is 76.3 cm³/mol. The molecule has 20 heavy (non-hydrogen) atoms. The Morgan fingerprint density at radius 3 is 2.80 bits per heavy atom. The molecule has 1 heterocycles. The lowest BCUT2D eigenvalue weighted by Gasteiger charge is -2.07. The fraction of sp³-hybridized carbons (Fsp3) is 0.286. The first-order valence-electron chi connectivity index (χ1n) is 6.36. The number of carbonyl (C=O) groups is 1. The van der Waals surface area contributed by atoms with E-state index in [2.05, 4.69) is 10.4 Å². The highest BCUT2D eigenvalue weighted by Crippen LogP contribution is 2.12. The van der Waals surface area contributed by atoms with Crippen molar-refractivity contribution in [2.75, 3.05) is 18.9 Å². The van der Waals surface area contributed by atoms with Crippen molar-refractivity contribution in [2.24, 2.45) is 7.05 Å². The van der Waals surface area contributed by atoms with Crippen molar-refractivity contribution in [3.8, 4) is 5.75 Å². The summed E-state index contributed by atoms with van der Waals surface area (Å²) in [5.74, 6) is 0.479. The predicted octanol–water partition coefficient (Wildman–Crippen LogP) is 0.740. The van der Waals surface area contributed by atoms with Crippen molar-refractivity contribution >= 4 is 11.6 Å². The highest BCUT2D eigenvalue weighted by atomic mass is 16.5. The van der Waals surface area contributed by atoms with E-state index in [0.717, 1.165) is 12.0 Å². The van der Waals surface area contributed by atoms with E-state index in [4.69, 9.17) is 10.5 Å². The third-order valence-corrected chi connectivity index (χ3v) is 2.74. The molecule has 106 valence electrons. The maximum absolute atomic E-state index is 11.6. The van der Waals surface area contributed by atoms with E-state index in [1.807, 2.05) is 13.2 Å². The lowest BCUT2D eigenvalue weighted by atomic mass is 10.2. The second-order valence-electron chi connectivity index (χ2n) is 4.48. The fourth-order valence-corrected chi connectivity index (χ4v) is 1.71. The number of nitrogen functional groups attached to an aromatic ring is 1. The largest absolute Gasteiger partial charge is 0.484 e. The number of carbonyl (C=O) groups excluding carboxylic acids is 1. The average Bonchev–Trinajstić information content (AvgIpc) is 2.84. The minimum atomic E-state index is -0.147. The van der Waals surface area contributed by atoms with E-state index >= 15 is 0 Å². The number of hydrogen-bond acceptors (Lipinski definition) is 4. The van der Waals surface area contributed by atoms with Gasteiger partial charge in [-0.15, -0.1) is 0 Å². The van der Waals surface area contributed by atoms with Gasteiger partial charge in [-0.05, 0) is 36.2 Å². The quantitative estimate of drug-likeness (QED) is 0.761. The second kappa shape index (κ2) is 6.60. The van der Waals surface area contributed by atoms with Gasteiger partial charge < -0.3 is 15.8 Å². The molecule has 0 radical (unpaired) electrons. The Bertz CT molecular complexity index is 563. The highest BCUT2D eigenvalue weighted by Gasteiger charge is 2.03. The molecule has 1 amide bonds. The Labute approximate surface area is 117 Å². The van der Waals surface area contributed by atoms with Crippen molar-refractivity contribution in [2.45, 2.75) is 6.42 Å². The van der Waals surface area contributed by atoms with Gasteiger partial charge in [0.15, 0.2) is 6.61 Å². The van der Waals surface area contributed by atoms with Crippen molar-refractivity contribution in [1.82, 2.24) is 15.1 Å². The SMILES string of the molecule is Cn1cc(CCNC(=O)COc2ccc(N)cc2)cn1. The summed E-state index contributed by atoms with van der Waals surface area (Å²) in [5, 5.41) is 6.86. The normalized spacial score (nSPS) is 10.2. The van der Waals surface area contributed by atoms with Crippen LogP contribution in [0.5, 0.6) is 5.75 Å². The number of aromatic nitrogens is 2. The van der Waals surface area contributed by atoms with Crippen LogP contribution in [0.1, 0.15) is 5.56 Å². The molecule has 0 fully saturated rings. The number of nitrogens with zero attached hydrogens (tertiary/aromatic N) is 2. The van der Waals surface area contributed by atoms with Gasteiger partial charge in [0.2, 0.25) is 0 Å². The summed E-state index contributed by atoms with van der Waals surface area (Å²) in [6, 6.07) is 6.93. The van der Waals surface area contributed by atoms with Gasteiger partial charge >= 0.3 is 0 Å². The molecule has 0 aliphatic rings. The molecule has 0 saturated heterocycles. The molecule has 1 aromatic heterocycles. The Morgan fingerprint density at radius 1 is 1.40 bits per heavy atom. The zero-order valence-electron chi connectivity index (χ0n) is 11.4. The molecule has 0 saturated carbocycles. The van der Waals surface area contributed by atoms with Crippen molar-refractivity contribution in [3.63, 3.8) is 0 Å². The summed E-state index contributed by atoms with van der Waals surface area (Å²) < 4.78 is 7.08. The summed E-state index contributed by atoms with van der Waals surface area (Å²) in [4.78, 5) is 11.6. The zero-order valence-corrected chi connectivity index (χ0v) is 11.4. The number of rotatable bonds is 6. The molecule has 2 rings (SSSR count). The highest BCUT2D eigenvalue weighted by molar-refractivity contribution is 5.77. The van der Waals surface area contributed by atoms with Crippen molar-refractivity contribution in [3.05, 3.63) is 42.2 Å². The third-order valence-electron chi connectivity index (χ3n) is 2.74. The molecular weight excluding hydrogens is 256 g/mol. The molecule has 0 aliphatic carbocycles. The molecule has 0 unspecified atom stereocenters. The molecule has 6 heteroatoms. The van der Waals surface area contributed by atoms with E-state index < -0.39 is 0 Å². The Balaban J connectivity index is 1.66. The van der Waals surface area contributed by atoms with Crippen LogP contribution < -0.4 is 15.8 Å².